The summed E-state index contributed by atoms with van der Waals surface area (Å²) in [4.78, 5) is 2.63. The summed E-state index contributed by atoms with van der Waals surface area (Å²) in [6.45, 7) is 2.10. The van der Waals surface area contributed by atoms with Gasteiger partial charge in [0.1, 0.15) is 11.5 Å². The summed E-state index contributed by atoms with van der Waals surface area (Å²) >= 11 is 5.51. The molecule has 0 saturated heterocycles. The molecule has 0 N–H and O–H groups in total. The van der Waals surface area contributed by atoms with Crippen LogP contribution in [0.4, 0.5) is 0 Å². The van der Waals surface area contributed by atoms with E-state index in [2.05, 4.69) is 35.0 Å². The molecule has 1 unspecified atom stereocenters. The molecule has 96 valence electrons. The number of alkyl halides is 1. The maximum absolute atomic E-state index is 5.43. The molecule has 0 fully saturated rings. The minimum absolute atomic E-state index is 0.0855. The van der Waals surface area contributed by atoms with Gasteiger partial charge < -0.3 is 9.47 Å². The van der Waals surface area contributed by atoms with Crippen molar-refractivity contribution in [1.29, 1.82) is 0 Å². The highest BCUT2D eigenvalue weighted by atomic mass is 79.9. The monoisotopic (exact) mass is 326 g/mol. The highest BCUT2D eigenvalue weighted by Gasteiger charge is 2.21. The van der Waals surface area contributed by atoms with Crippen molar-refractivity contribution in [3.63, 3.8) is 0 Å². The summed E-state index contributed by atoms with van der Waals surface area (Å²) in [6, 6.07) is 10.1. The first kappa shape index (κ1) is 13.4. The molecule has 0 aliphatic heterocycles. The summed E-state index contributed by atoms with van der Waals surface area (Å²) in [5.74, 6) is 1.67. The standard InChI is InChI=1S/C14H15BrO2S/c1-9-7-8-12(18-9)14(15)13-10(16-2)5-4-6-11(13)17-3/h4-8,14H,1-3H3. The Morgan fingerprint density at radius 1 is 1.06 bits per heavy atom. The van der Waals surface area contributed by atoms with Gasteiger partial charge in [0.2, 0.25) is 0 Å². The maximum Gasteiger partial charge on any atom is 0.127 e. The smallest absolute Gasteiger partial charge is 0.127 e. The van der Waals surface area contributed by atoms with Crippen LogP contribution in [-0.2, 0) is 0 Å². The first-order valence-corrected chi connectivity index (χ1v) is 7.32. The second-order valence-corrected chi connectivity index (χ2v) is 6.12. The molecule has 0 saturated carbocycles. The van der Waals surface area contributed by atoms with Crippen molar-refractivity contribution in [2.75, 3.05) is 14.2 Å². The Labute approximate surface area is 120 Å². The van der Waals surface area contributed by atoms with Gasteiger partial charge in [0.05, 0.1) is 24.6 Å². The number of ether oxygens (including phenoxy) is 2. The third kappa shape index (κ3) is 2.54. The Hall–Kier alpha value is -1.00. The zero-order valence-corrected chi connectivity index (χ0v) is 13.0. The van der Waals surface area contributed by atoms with E-state index in [9.17, 15) is 0 Å². The van der Waals surface area contributed by atoms with E-state index in [4.69, 9.17) is 9.47 Å². The Bertz CT molecular complexity index is 514. The lowest BCUT2D eigenvalue weighted by molar-refractivity contribution is 0.387. The summed E-state index contributed by atoms with van der Waals surface area (Å²) < 4.78 is 10.9. The molecule has 0 radical (unpaired) electrons. The number of aryl methyl sites for hydroxylation is 1. The Balaban J connectivity index is 2.48. The van der Waals surface area contributed by atoms with Crippen LogP contribution >= 0.6 is 27.3 Å². The molecule has 0 aliphatic rings. The number of methoxy groups -OCH3 is 2. The minimum Gasteiger partial charge on any atom is -0.496 e. The number of rotatable bonds is 4. The van der Waals surface area contributed by atoms with Crippen LogP contribution < -0.4 is 9.47 Å². The van der Waals surface area contributed by atoms with E-state index in [1.807, 2.05) is 18.2 Å². The SMILES string of the molecule is COc1cccc(OC)c1C(Br)c1ccc(C)s1. The van der Waals surface area contributed by atoms with Crippen LogP contribution in [0.25, 0.3) is 0 Å². The number of thiophene rings is 1. The van der Waals surface area contributed by atoms with Gasteiger partial charge >= 0.3 is 0 Å². The number of benzene rings is 1. The molecule has 2 nitrogen and oxygen atoms in total. The molecule has 0 amide bonds. The molecule has 18 heavy (non-hydrogen) atoms. The predicted molar refractivity (Wildman–Crippen MR) is 79.4 cm³/mol. The summed E-state index contributed by atoms with van der Waals surface area (Å²) in [5, 5.41) is 0. The van der Waals surface area contributed by atoms with Gasteiger partial charge in [0.25, 0.3) is 0 Å². The minimum atomic E-state index is 0.0855. The average Bonchev–Trinajstić information content (AvgIpc) is 2.83. The van der Waals surface area contributed by atoms with Crippen molar-refractivity contribution in [1.82, 2.24) is 0 Å². The Kier molecular flexibility index (Phi) is 4.30. The van der Waals surface area contributed by atoms with Crippen LogP contribution in [0, 0.1) is 6.92 Å². The number of hydrogen-bond acceptors (Lipinski definition) is 3. The van der Waals surface area contributed by atoms with E-state index in [0.29, 0.717) is 0 Å². The largest absolute Gasteiger partial charge is 0.496 e. The zero-order chi connectivity index (χ0) is 13.1. The second-order valence-electron chi connectivity index (χ2n) is 3.89. The molecule has 1 aromatic heterocycles. The van der Waals surface area contributed by atoms with Gasteiger partial charge in [0.15, 0.2) is 0 Å². The van der Waals surface area contributed by atoms with Crippen molar-refractivity contribution in [3.8, 4) is 11.5 Å². The summed E-state index contributed by atoms with van der Waals surface area (Å²) in [6.07, 6.45) is 0. The molecule has 0 aliphatic carbocycles. The number of hydrogen-bond donors (Lipinski definition) is 0. The molecular weight excluding hydrogens is 312 g/mol. The second kappa shape index (κ2) is 5.76. The van der Waals surface area contributed by atoms with Crippen LogP contribution in [0.15, 0.2) is 30.3 Å². The summed E-state index contributed by atoms with van der Waals surface area (Å²) in [5.41, 5.74) is 1.03. The van der Waals surface area contributed by atoms with Gasteiger partial charge in [-0.25, -0.2) is 0 Å². The predicted octanol–water partition coefficient (Wildman–Crippen LogP) is 4.56. The molecule has 4 heteroatoms. The third-order valence-corrected chi connectivity index (χ3v) is 5.05. The zero-order valence-electron chi connectivity index (χ0n) is 10.6. The molecule has 1 atom stereocenters. The highest BCUT2D eigenvalue weighted by Crippen LogP contribution is 2.44. The fraction of sp³-hybridized carbons (Fsp3) is 0.286. The van der Waals surface area contributed by atoms with E-state index in [1.165, 1.54) is 9.75 Å². The Morgan fingerprint density at radius 2 is 1.67 bits per heavy atom. The Morgan fingerprint density at radius 3 is 2.11 bits per heavy atom. The fourth-order valence-corrected chi connectivity index (χ4v) is 3.61. The summed E-state index contributed by atoms with van der Waals surface area (Å²) in [7, 11) is 3.36. The van der Waals surface area contributed by atoms with Crippen molar-refractivity contribution in [3.05, 3.63) is 45.6 Å². The average molecular weight is 327 g/mol. The van der Waals surface area contributed by atoms with Gasteiger partial charge in [-0.2, -0.15) is 0 Å². The number of halogens is 1. The van der Waals surface area contributed by atoms with E-state index in [0.717, 1.165) is 17.1 Å². The molecule has 2 rings (SSSR count). The van der Waals surface area contributed by atoms with Crippen molar-refractivity contribution in [2.24, 2.45) is 0 Å². The first-order chi connectivity index (χ1) is 8.67. The van der Waals surface area contributed by atoms with Crippen LogP contribution in [0.5, 0.6) is 11.5 Å². The van der Waals surface area contributed by atoms with E-state index >= 15 is 0 Å². The fourth-order valence-electron chi connectivity index (χ4n) is 1.86. The van der Waals surface area contributed by atoms with E-state index < -0.39 is 0 Å². The van der Waals surface area contributed by atoms with Crippen molar-refractivity contribution >= 4 is 27.3 Å². The van der Waals surface area contributed by atoms with Gasteiger partial charge in [-0.05, 0) is 31.2 Å². The van der Waals surface area contributed by atoms with Crippen LogP contribution in [0.1, 0.15) is 20.1 Å². The lowest BCUT2D eigenvalue weighted by Gasteiger charge is -2.16. The lowest BCUT2D eigenvalue weighted by atomic mass is 10.1. The molecule has 0 bridgehead atoms. The van der Waals surface area contributed by atoms with Gasteiger partial charge in [-0.1, -0.05) is 22.0 Å². The molecular formula is C14H15BrO2S. The lowest BCUT2D eigenvalue weighted by Crippen LogP contribution is -1.99. The molecule has 1 heterocycles. The van der Waals surface area contributed by atoms with Crippen LogP contribution in [0.2, 0.25) is 0 Å². The third-order valence-electron chi connectivity index (χ3n) is 2.73. The van der Waals surface area contributed by atoms with E-state index in [-0.39, 0.29) is 4.83 Å². The van der Waals surface area contributed by atoms with Gasteiger partial charge in [-0.3, -0.25) is 0 Å². The van der Waals surface area contributed by atoms with E-state index in [1.54, 1.807) is 25.6 Å². The topological polar surface area (TPSA) is 18.5 Å². The van der Waals surface area contributed by atoms with Crippen LogP contribution in [0.3, 0.4) is 0 Å². The maximum atomic E-state index is 5.43. The first-order valence-electron chi connectivity index (χ1n) is 5.58. The normalized spacial score (nSPS) is 12.2. The van der Waals surface area contributed by atoms with Gasteiger partial charge in [-0.15, -0.1) is 11.3 Å². The quantitative estimate of drug-likeness (QED) is 0.767. The molecule has 0 spiro atoms. The van der Waals surface area contributed by atoms with Gasteiger partial charge in [0, 0.05) is 9.75 Å². The van der Waals surface area contributed by atoms with Crippen LogP contribution in [-0.4, -0.2) is 14.2 Å². The highest BCUT2D eigenvalue weighted by molar-refractivity contribution is 9.09. The van der Waals surface area contributed by atoms with Crippen molar-refractivity contribution in [2.45, 2.75) is 11.8 Å². The van der Waals surface area contributed by atoms with Crippen molar-refractivity contribution < 1.29 is 9.47 Å². The molecule has 2 aromatic rings. The molecule has 1 aromatic carbocycles.